The van der Waals surface area contributed by atoms with Crippen LogP contribution in [0.3, 0.4) is 0 Å². The molecule has 1 aromatic rings. The normalized spacial score (nSPS) is 26.2. The molecule has 4 nitrogen and oxygen atoms in total. The molecule has 1 aromatic heterocycles. The predicted molar refractivity (Wildman–Crippen MR) is 61.5 cm³/mol. The molecule has 2 N–H and O–H groups in total. The molecule has 0 aromatic carbocycles. The van der Waals surface area contributed by atoms with Crippen LogP contribution in [0.15, 0.2) is 22.8 Å². The Kier molecular flexibility index (Phi) is 3.98. The summed E-state index contributed by atoms with van der Waals surface area (Å²) in [6, 6.07) is 4.57. The summed E-state index contributed by atoms with van der Waals surface area (Å²) in [5, 5.41) is 0. The van der Waals surface area contributed by atoms with Gasteiger partial charge >= 0.3 is 0 Å². The first kappa shape index (κ1) is 11.6. The third-order valence-corrected chi connectivity index (χ3v) is 3.44. The van der Waals surface area contributed by atoms with Crippen LogP contribution >= 0.6 is 0 Å². The summed E-state index contributed by atoms with van der Waals surface area (Å²) in [6.07, 6.45) is 6.40. The van der Waals surface area contributed by atoms with E-state index in [1.165, 1.54) is 0 Å². The van der Waals surface area contributed by atoms with E-state index in [0.29, 0.717) is 6.04 Å². The Morgan fingerprint density at radius 1 is 1.44 bits per heavy atom. The Labute approximate surface area is 96.3 Å². The molecule has 1 aliphatic carbocycles. The molecule has 1 saturated carbocycles. The van der Waals surface area contributed by atoms with E-state index in [0.717, 1.165) is 38.0 Å². The van der Waals surface area contributed by atoms with Crippen LogP contribution < -0.4 is 5.90 Å². The van der Waals surface area contributed by atoms with Crippen LogP contribution in [-0.4, -0.2) is 24.1 Å². The SMILES string of the molecule is CN(Cc1ccco1)C1CCC(ON)CC1. The zero-order chi connectivity index (χ0) is 11.4. The standard InChI is InChI=1S/C12H20N2O2/c1-14(9-12-3-2-8-15-12)10-4-6-11(16-13)7-5-10/h2-3,8,10-11H,4-7,9,13H2,1H3. The van der Waals surface area contributed by atoms with Crippen LogP contribution in [0, 0.1) is 0 Å². The van der Waals surface area contributed by atoms with Crippen molar-refractivity contribution in [2.75, 3.05) is 7.05 Å². The highest BCUT2D eigenvalue weighted by atomic mass is 16.6. The van der Waals surface area contributed by atoms with Gasteiger partial charge in [0.15, 0.2) is 0 Å². The molecular weight excluding hydrogens is 204 g/mol. The minimum Gasteiger partial charge on any atom is -0.468 e. The molecule has 0 radical (unpaired) electrons. The summed E-state index contributed by atoms with van der Waals surface area (Å²) in [4.78, 5) is 7.24. The number of furan rings is 1. The van der Waals surface area contributed by atoms with Crippen LogP contribution in [0.2, 0.25) is 0 Å². The lowest BCUT2D eigenvalue weighted by atomic mass is 9.92. The van der Waals surface area contributed by atoms with E-state index in [4.69, 9.17) is 15.2 Å². The van der Waals surface area contributed by atoms with Gasteiger partial charge in [0.25, 0.3) is 0 Å². The summed E-state index contributed by atoms with van der Waals surface area (Å²) >= 11 is 0. The second kappa shape index (κ2) is 5.48. The van der Waals surface area contributed by atoms with Crippen LogP contribution in [0.4, 0.5) is 0 Å². The van der Waals surface area contributed by atoms with Crippen molar-refractivity contribution in [3.63, 3.8) is 0 Å². The van der Waals surface area contributed by atoms with E-state index in [9.17, 15) is 0 Å². The van der Waals surface area contributed by atoms with Crippen LogP contribution in [-0.2, 0) is 11.4 Å². The van der Waals surface area contributed by atoms with E-state index in [-0.39, 0.29) is 6.10 Å². The van der Waals surface area contributed by atoms with Crippen molar-refractivity contribution in [3.05, 3.63) is 24.2 Å². The Balaban J connectivity index is 1.80. The monoisotopic (exact) mass is 224 g/mol. The fourth-order valence-corrected chi connectivity index (χ4v) is 2.40. The van der Waals surface area contributed by atoms with E-state index in [2.05, 4.69) is 11.9 Å². The first-order chi connectivity index (χ1) is 7.79. The molecule has 0 aliphatic heterocycles. The van der Waals surface area contributed by atoms with Crippen molar-refractivity contribution in [2.45, 2.75) is 44.4 Å². The molecule has 0 atom stereocenters. The van der Waals surface area contributed by atoms with Gasteiger partial charge in [-0.05, 0) is 44.9 Å². The highest BCUT2D eigenvalue weighted by Crippen LogP contribution is 2.24. The third-order valence-electron chi connectivity index (χ3n) is 3.44. The summed E-state index contributed by atoms with van der Waals surface area (Å²) in [6.45, 7) is 0.881. The number of hydrogen-bond acceptors (Lipinski definition) is 4. The highest BCUT2D eigenvalue weighted by molar-refractivity contribution is 4.98. The molecule has 1 fully saturated rings. The summed E-state index contributed by atoms with van der Waals surface area (Å²) in [5.41, 5.74) is 0. The molecule has 2 rings (SSSR count). The van der Waals surface area contributed by atoms with Gasteiger partial charge in [0.1, 0.15) is 5.76 Å². The van der Waals surface area contributed by atoms with Gasteiger partial charge in [0.2, 0.25) is 0 Å². The Bertz CT molecular complexity index is 292. The van der Waals surface area contributed by atoms with Gasteiger partial charge in [-0.15, -0.1) is 0 Å². The largest absolute Gasteiger partial charge is 0.468 e. The van der Waals surface area contributed by atoms with E-state index < -0.39 is 0 Å². The molecule has 4 heteroatoms. The Morgan fingerprint density at radius 2 is 2.19 bits per heavy atom. The summed E-state index contributed by atoms with van der Waals surface area (Å²) in [5.74, 6) is 6.23. The first-order valence-corrected chi connectivity index (χ1v) is 5.87. The van der Waals surface area contributed by atoms with E-state index >= 15 is 0 Å². The molecule has 0 bridgehead atoms. The van der Waals surface area contributed by atoms with E-state index in [1.54, 1.807) is 6.26 Å². The molecule has 1 aliphatic rings. The number of hydrogen-bond donors (Lipinski definition) is 1. The molecule has 1 heterocycles. The topological polar surface area (TPSA) is 51.6 Å². The van der Waals surface area contributed by atoms with Crippen molar-refractivity contribution in [2.24, 2.45) is 5.90 Å². The Morgan fingerprint density at radius 3 is 2.75 bits per heavy atom. The summed E-state index contributed by atoms with van der Waals surface area (Å²) < 4.78 is 5.35. The number of rotatable bonds is 4. The maximum Gasteiger partial charge on any atom is 0.117 e. The second-order valence-corrected chi connectivity index (χ2v) is 4.56. The molecular formula is C12H20N2O2. The van der Waals surface area contributed by atoms with Gasteiger partial charge < -0.3 is 9.25 Å². The lowest BCUT2D eigenvalue weighted by Gasteiger charge is -2.33. The highest BCUT2D eigenvalue weighted by Gasteiger charge is 2.24. The first-order valence-electron chi connectivity index (χ1n) is 5.87. The van der Waals surface area contributed by atoms with Crippen molar-refractivity contribution in [3.8, 4) is 0 Å². The van der Waals surface area contributed by atoms with Gasteiger partial charge in [-0.3, -0.25) is 4.90 Å². The fourth-order valence-electron chi connectivity index (χ4n) is 2.40. The summed E-state index contributed by atoms with van der Waals surface area (Å²) in [7, 11) is 2.15. The Hall–Kier alpha value is -0.840. The molecule has 16 heavy (non-hydrogen) atoms. The minimum absolute atomic E-state index is 0.258. The van der Waals surface area contributed by atoms with Crippen LogP contribution in [0.1, 0.15) is 31.4 Å². The van der Waals surface area contributed by atoms with Gasteiger partial charge in [-0.1, -0.05) is 0 Å². The van der Waals surface area contributed by atoms with E-state index in [1.807, 2.05) is 12.1 Å². The number of nitrogens with zero attached hydrogens (tertiary/aromatic N) is 1. The lowest BCUT2D eigenvalue weighted by Crippen LogP contribution is -2.37. The van der Waals surface area contributed by atoms with Crippen molar-refractivity contribution < 1.29 is 9.25 Å². The smallest absolute Gasteiger partial charge is 0.117 e. The number of nitrogens with two attached hydrogens (primary N) is 1. The maximum absolute atomic E-state index is 5.35. The van der Waals surface area contributed by atoms with Crippen LogP contribution in [0.5, 0.6) is 0 Å². The van der Waals surface area contributed by atoms with Gasteiger partial charge in [-0.2, -0.15) is 0 Å². The lowest BCUT2D eigenvalue weighted by molar-refractivity contribution is 0.00805. The van der Waals surface area contributed by atoms with Crippen molar-refractivity contribution >= 4 is 0 Å². The fraction of sp³-hybridized carbons (Fsp3) is 0.667. The van der Waals surface area contributed by atoms with Gasteiger partial charge in [0, 0.05) is 6.04 Å². The van der Waals surface area contributed by atoms with Gasteiger partial charge in [0.05, 0.1) is 18.9 Å². The minimum atomic E-state index is 0.258. The third kappa shape index (κ3) is 2.84. The molecule has 90 valence electrons. The maximum atomic E-state index is 5.35. The second-order valence-electron chi connectivity index (χ2n) is 4.56. The average Bonchev–Trinajstić information content (AvgIpc) is 2.82. The molecule has 0 amide bonds. The zero-order valence-electron chi connectivity index (χ0n) is 9.76. The van der Waals surface area contributed by atoms with Gasteiger partial charge in [-0.25, -0.2) is 5.90 Å². The zero-order valence-corrected chi connectivity index (χ0v) is 9.76. The quantitative estimate of drug-likeness (QED) is 0.794. The van der Waals surface area contributed by atoms with Crippen LogP contribution in [0.25, 0.3) is 0 Å². The molecule has 0 spiro atoms. The average molecular weight is 224 g/mol. The van der Waals surface area contributed by atoms with Crippen molar-refractivity contribution in [1.29, 1.82) is 0 Å². The van der Waals surface area contributed by atoms with Crippen molar-refractivity contribution in [1.82, 2.24) is 4.90 Å². The predicted octanol–water partition coefficient (Wildman–Crippen LogP) is 1.91. The molecule has 0 unspecified atom stereocenters. The molecule has 0 saturated heterocycles.